The number of nitriles is 1. The number of piperazine rings is 1. The van der Waals surface area contributed by atoms with Crippen LogP contribution in [0.15, 0.2) is 11.6 Å². The van der Waals surface area contributed by atoms with Crippen molar-refractivity contribution in [1.29, 1.82) is 5.26 Å². The second-order valence-electron chi connectivity index (χ2n) is 13.3. The number of ether oxygens (including phenoxy) is 1. The summed E-state index contributed by atoms with van der Waals surface area (Å²) in [7, 11) is 2.15. The molecular weight excluding hydrogens is 560 g/mol. The molecule has 2 spiro atoms. The molecule has 0 radical (unpaired) electrons. The number of nitrogens with zero attached hydrogens (tertiary/aromatic N) is 5. The first-order chi connectivity index (χ1) is 20.7. The van der Waals surface area contributed by atoms with Gasteiger partial charge in [0.25, 0.3) is 0 Å². The van der Waals surface area contributed by atoms with E-state index in [1.54, 1.807) is 0 Å². The van der Waals surface area contributed by atoms with Crippen LogP contribution in [0.3, 0.4) is 0 Å². The Morgan fingerprint density at radius 2 is 2.00 bits per heavy atom. The zero-order valence-electron chi connectivity index (χ0n) is 25.2. The molecule has 5 aliphatic rings. The van der Waals surface area contributed by atoms with Gasteiger partial charge in [0.1, 0.15) is 23.0 Å². The van der Waals surface area contributed by atoms with Gasteiger partial charge in [-0.3, -0.25) is 9.69 Å². The van der Waals surface area contributed by atoms with E-state index < -0.39 is 5.41 Å². The average molecular weight is 603 g/mol. The summed E-state index contributed by atoms with van der Waals surface area (Å²) in [5.41, 5.74) is 14.8. The van der Waals surface area contributed by atoms with Gasteiger partial charge in [-0.1, -0.05) is 0 Å². The number of likely N-dealkylation sites (N-methyl/N-ethyl adjacent to an activating group) is 1. The number of nitrogen functional groups attached to an aromatic ring is 1. The number of fused-ring (bicyclic) bond motifs is 2. The molecule has 0 unspecified atom stereocenters. The third-order valence-corrected chi connectivity index (χ3v) is 11.7. The van der Waals surface area contributed by atoms with E-state index in [1.807, 2.05) is 6.07 Å². The molecular formula is C32H42N8O2S. The molecule has 5 N–H and O–H groups in total. The van der Waals surface area contributed by atoms with Gasteiger partial charge < -0.3 is 26.4 Å². The van der Waals surface area contributed by atoms with E-state index in [2.05, 4.69) is 35.2 Å². The van der Waals surface area contributed by atoms with E-state index in [0.29, 0.717) is 58.8 Å². The quantitative estimate of drug-likeness (QED) is 0.435. The number of ketones is 1. The Labute approximate surface area is 257 Å². The van der Waals surface area contributed by atoms with Crippen molar-refractivity contribution in [2.75, 3.05) is 43.9 Å². The first-order valence-electron chi connectivity index (χ1n) is 15.8. The van der Waals surface area contributed by atoms with Crippen molar-refractivity contribution < 1.29 is 9.53 Å². The molecule has 43 heavy (non-hydrogen) atoms. The number of aromatic nitrogens is 2. The van der Waals surface area contributed by atoms with E-state index in [9.17, 15) is 10.1 Å². The maximum atomic E-state index is 14.5. The number of thiophene rings is 1. The SMILES string of the molecule is C[C@H](Oc1cc(N2CCNC3(CC3)C2)nc(C(N)=C2CCC[C@@]3(CCCc4sc(N)c(C#N)c43)C2=O)n1)[C@@H]1CCCN1C. The third-order valence-electron chi connectivity index (χ3n) is 10.6. The lowest BCUT2D eigenvalue weighted by Crippen LogP contribution is -2.52. The van der Waals surface area contributed by atoms with Crippen LogP contribution in [0.5, 0.6) is 5.88 Å². The highest BCUT2D eigenvalue weighted by molar-refractivity contribution is 7.16. The van der Waals surface area contributed by atoms with Crippen molar-refractivity contribution in [2.45, 2.75) is 94.2 Å². The fraction of sp³-hybridized carbons (Fsp3) is 0.625. The van der Waals surface area contributed by atoms with Crippen molar-refractivity contribution >= 4 is 33.6 Å². The highest BCUT2D eigenvalue weighted by Gasteiger charge is 2.50. The number of rotatable bonds is 5. The van der Waals surface area contributed by atoms with Crippen molar-refractivity contribution in [3.63, 3.8) is 0 Å². The van der Waals surface area contributed by atoms with Gasteiger partial charge in [-0.15, -0.1) is 11.3 Å². The third kappa shape index (κ3) is 4.88. The molecule has 2 saturated heterocycles. The van der Waals surface area contributed by atoms with Crippen LogP contribution in [0.2, 0.25) is 0 Å². The van der Waals surface area contributed by atoms with E-state index in [0.717, 1.165) is 74.5 Å². The number of aryl methyl sites for hydroxylation is 1. The Kier molecular flexibility index (Phi) is 7.14. The first-order valence-corrected chi connectivity index (χ1v) is 16.7. The predicted molar refractivity (Wildman–Crippen MR) is 168 cm³/mol. The minimum Gasteiger partial charge on any atom is -0.473 e. The summed E-state index contributed by atoms with van der Waals surface area (Å²) in [5, 5.41) is 14.2. The normalized spacial score (nSPS) is 28.5. The second kappa shape index (κ2) is 10.8. The van der Waals surface area contributed by atoms with Gasteiger partial charge >= 0.3 is 0 Å². The van der Waals surface area contributed by atoms with Crippen molar-refractivity contribution in [1.82, 2.24) is 20.2 Å². The number of nitrogens with two attached hydrogens (primary N) is 2. The number of carbonyl (C=O) groups excluding carboxylic acids is 1. The lowest BCUT2D eigenvalue weighted by molar-refractivity contribution is -0.122. The van der Waals surface area contributed by atoms with Crippen molar-refractivity contribution in [3.8, 4) is 11.9 Å². The average Bonchev–Trinajstić information content (AvgIpc) is 3.43. The van der Waals surface area contributed by atoms with Crippen LogP contribution in [-0.2, 0) is 16.6 Å². The highest BCUT2D eigenvalue weighted by atomic mass is 32.1. The topological polar surface area (TPSA) is 146 Å². The number of allylic oxidation sites excluding steroid dienone is 1. The molecule has 7 rings (SSSR count). The lowest BCUT2D eigenvalue weighted by atomic mass is 9.61. The minimum atomic E-state index is -0.764. The van der Waals surface area contributed by atoms with Crippen LogP contribution in [0, 0.1) is 11.3 Å². The summed E-state index contributed by atoms with van der Waals surface area (Å²) in [6.45, 7) is 5.77. The Morgan fingerprint density at radius 3 is 2.72 bits per heavy atom. The molecule has 3 atom stereocenters. The maximum Gasteiger partial charge on any atom is 0.219 e. The van der Waals surface area contributed by atoms with Gasteiger partial charge in [0, 0.05) is 47.7 Å². The number of carbonyl (C=O) groups is 1. The molecule has 2 aromatic heterocycles. The number of likely N-dealkylation sites (tertiary alicyclic amines) is 1. The van der Waals surface area contributed by atoms with Crippen LogP contribution in [0.4, 0.5) is 10.8 Å². The van der Waals surface area contributed by atoms with Gasteiger partial charge in [0.2, 0.25) is 5.88 Å². The number of Topliss-reactive ketones (excluding diaryl/α,β-unsaturated/α-hetero) is 1. The molecule has 3 aliphatic carbocycles. The second-order valence-corrected chi connectivity index (χ2v) is 14.4. The summed E-state index contributed by atoms with van der Waals surface area (Å²) >= 11 is 1.46. The number of nitrogens with one attached hydrogen (secondary N) is 1. The largest absolute Gasteiger partial charge is 0.473 e. The number of hydrogen-bond acceptors (Lipinski definition) is 11. The minimum absolute atomic E-state index is 0.00280. The Morgan fingerprint density at radius 1 is 1.21 bits per heavy atom. The van der Waals surface area contributed by atoms with Crippen molar-refractivity contribution in [2.24, 2.45) is 5.73 Å². The monoisotopic (exact) mass is 602 g/mol. The smallest absolute Gasteiger partial charge is 0.219 e. The fourth-order valence-corrected chi connectivity index (χ4v) is 9.27. The van der Waals surface area contributed by atoms with Gasteiger partial charge in [-0.05, 0) is 90.3 Å². The maximum absolute atomic E-state index is 14.5. The fourth-order valence-electron chi connectivity index (χ4n) is 8.11. The summed E-state index contributed by atoms with van der Waals surface area (Å²) in [6, 6.07) is 4.57. The molecule has 0 bridgehead atoms. The molecule has 228 valence electrons. The Balaban J connectivity index is 1.28. The van der Waals surface area contributed by atoms with E-state index in [1.165, 1.54) is 24.2 Å². The first kappa shape index (κ1) is 28.6. The zero-order valence-corrected chi connectivity index (χ0v) is 26.1. The van der Waals surface area contributed by atoms with Crippen LogP contribution in [0.1, 0.15) is 86.5 Å². The van der Waals surface area contributed by atoms with Crippen molar-refractivity contribution in [3.05, 3.63) is 33.5 Å². The molecule has 2 aliphatic heterocycles. The molecule has 0 amide bonds. The van der Waals surface area contributed by atoms with Crippen LogP contribution >= 0.6 is 11.3 Å². The van der Waals surface area contributed by atoms with Gasteiger partial charge in [-0.25, -0.2) is 4.98 Å². The van der Waals surface area contributed by atoms with E-state index in [4.69, 9.17) is 26.2 Å². The summed E-state index contributed by atoms with van der Waals surface area (Å²) in [4.78, 5) is 30.1. The van der Waals surface area contributed by atoms with E-state index in [-0.39, 0.29) is 17.4 Å². The molecule has 0 aromatic carbocycles. The molecule has 10 nitrogen and oxygen atoms in total. The summed E-state index contributed by atoms with van der Waals surface area (Å²) in [5.74, 6) is 1.64. The van der Waals surface area contributed by atoms with E-state index >= 15 is 0 Å². The van der Waals surface area contributed by atoms with Gasteiger partial charge in [0.05, 0.1) is 16.7 Å². The lowest BCUT2D eigenvalue weighted by Gasteiger charge is -2.40. The predicted octanol–water partition coefficient (Wildman–Crippen LogP) is 3.49. The molecule has 4 fully saturated rings. The van der Waals surface area contributed by atoms with Crippen LogP contribution in [-0.4, -0.2) is 71.6 Å². The summed E-state index contributed by atoms with van der Waals surface area (Å²) in [6.07, 6.45) is 9.03. The molecule has 2 saturated carbocycles. The number of anilines is 2. The highest BCUT2D eigenvalue weighted by Crippen LogP contribution is 2.52. The Hall–Kier alpha value is -3.20. The molecule has 4 heterocycles. The molecule has 2 aromatic rings. The number of hydrogen-bond donors (Lipinski definition) is 3. The Bertz CT molecular complexity index is 1520. The van der Waals surface area contributed by atoms with Crippen LogP contribution < -0.4 is 26.4 Å². The van der Waals surface area contributed by atoms with Gasteiger partial charge in [-0.2, -0.15) is 10.2 Å². The van der Waals surface area contributed by atoms with Gasteiger partial charge in [0.15, 0.2) is 11.6 Å². The zero-order chi connectivity index (χ0) is 29.9. The van der Waals surface area contributed by atoms with Crippen LogP contribution in [0.25, 0.3) is 5.70 Å². The standard InChI is InChI=1S/C32H42N8O2S/c1-19(22-7-5-14-39(22)2)42-25-16-24(40-15-13-36-31(18-40)11-12-31)37-30(38-25)27(34)20-6-3-9-32(28(20)41)10-4-8-23-26(32)21(17-33)29(35)43-23/h16,19,22,36H,3-15,18,34-35H2,1-2H3/t19-,22-,32-/m0/s1. The molecule has 11 heteroatoms. The summed E-state index contributed by atoms with van der Waals surface area (Å²) < 4.78 is 6.52.